The normalized spacial score (nSPS) is 27.4. The molecular weight excluding hydrogens is 240 g/mol. The largest absolute Gasteiger partial charge is 0.397 e. The zero-order valence-electron chi connectivity index (χ0n) is 11.6. The minimum absolute atomic E-state index is 0.323. The number of rotatable bonds is 2. The first-order chi connectivity index (χ1) is 9.19. The van der Waals surface area contributed by atoms with E-state index in [2.05, 4.69) is 28.2 Å². The Labute approximate surface area is 114 Å². The van der Waals surface area contributed by atoms with Crippen LogP contribution in [0.3, 0.4) is 0 Å². The summed E-state index contributed by atoms with van der Waals surface area (Å²) in [7, 11) is 4.07. The Balaban J connectivity index is 1.78. The van der Waals surface area contributed by atoms with E-state index < -0.39 is 0 Å². The minimum atomic E-state index is 0.323. The summed E-state index contributed by atoms with van der Waals surface area (Å²) in [5.41, 5.74) is 9.00. The number of anilines is 3. The molecule has 2 atom stereocenters. The Morgan fingerprint density at radius 2 is 2.21 bits per heavy atom. The van der Waals surface area contributed by atoms with Crippen molar-refractivity contribution in [2.24, 2.45) is 0 Å². The molecule has 2 aliphatic rings. The molecule has 1 aromatic rings. The molecule has 2 aliphatic heterocycles. The van der Waals surface area contributed by atoms with Crippen molar-refractivity contribution >= 4 is 17.1 Å². The summed E-state index contributed by atoms with van der Waals surface area (Å²) >= 11 is 0. The third kappa shape index (κ3) is 2.24. The van der Waals surface area contributed by atoms with Gasteiger partial charge in [0.15, 0.2) is 0 Å². The predicted molar refractivity (Wildman–Crippen MR) is 78.8 cm³/mol. The van der Waals surface area contributed by atoms with Gasteiger partial charge < -0.3 is 20.7 Å². The van der Waals surface area contributed by atoms with Crippen LogP contribution in [-0.2, 0) is 4.74 Å². The highest BCUT2D eigenvalue weighted by Gasteiger charge is 2.38. The van der Waals surface area contributed by atoms with Crippen molar-refractivity contribution < 1.29 is 4.74 Å². The number of hydrogen-bond acceptors (Lipinski definition) is 5. The first-order valence-electron chi connectivity index (χ1n) is 6.83. The Morgan fingerprint density at radius 3 is 2.89 bits per heavy atom. The molecule has 5 nitrogen and oxygen atoms in total. The Morgan fingerprint density at radius 1 is 1.37 bits per heavy atom. The smallest absolute Gasteiger partial charge is 0.0922 e. The fraction of sp³-hybridized carbons (Fsp3) is 0.571. The maximum atomic E-state index is 6.04. The molecule has 0 aromatic heterocycles. The van der Waals surface area contributed by atoms with Crippen LogP contribution < -0.4 is 16.0 Å². The van der Waals surface area contributed by atoms with Crippen LogP contribution in [0, 0.1) is 0 Å². The lowest BCUT2D eigenvalue weighted by Crippen LogP contribution is -2.48. The zero-order valence-corrected chi connectivity index (χ0v) is 11.6. The van der Waals surface area contributed by atoms with Crippen molar-refractivity contribution in [1.29, 1.82) is 0 Å². The van der Waals surface area contributed by atoms with Crippen molar-refractivity contribution in [2.75, 3.05) is 56.3 Å². The van der Waals surface area contributed by atoms with E-state index in [1.54, 1.807) is 0 Å². The molecule has 0 saturated carbocycles. The highest BCUT2D eigenvalue weighted by molar-refractivity contribution is 5.72. The average Bonchev–Trinajstić information content (AvgIpc) is 2.84. The first-order valence-corrected chi connectivity index (χ1v) is 6.83. The average molecular weight is 262 g/mol. The second-order valence-corrected chi connectivity index (χ2v) is 5.38. The van der Waals surface area contributed by atoms with Gasteiger partial charge in [0, 0.05) is 32.4 Å². The van der Waals surface area contributed by atoms with Crippen LogP contribution in [0.2, 0.25) is 0 Å². The molecule has 0 amide bonds. The highest BCUT2D eigenvalue weighted by atomic mass is 16.5. The summed E-state index contributed by atoms with van der Waals surface area (Å²) in [5, 5.41) is 3.09. The van der Waals surface area contributed by atoms with Gasteiger partial charge in [0.1, 0.15) is 0 Å². The number of nitrogen functional groups attached to an aromatic ring is 1. The van der Waals surface area contributed by atoms with Crippen molar-refractivity contribution in [1.82, 2.24) is 4.90 Å². The van der Waals surface area contributed by atoms with E-state index in [9.17, 15) is 0 Å². The van der Waals surface area contributed by atoms with Crippen LogP contribution in [0.1, 0.15) is 0 Å². The molecule has 0 unspecified atom stereocenters. The molecule has 0 aliphatic carbocycles. The van der Waals surface area contributed by atoms with Gasteiger partial charge in [-0.3, -0.25) is 4.90 Å². The van der Waals surface area contributed by atoms with Crippen molar-refractivity contribution in [3.8, 4) is 0 Å². The number of benzene rings is 1. The van der Waals surface area contributed by atoms with Gasteiger partial charge in [-0.15, -0.1) is 0 Å². The van der Waals surface area contributed by atoms with Crippen LogP contribution in [0.4, 0.5) is 17.1 Å². The fourth-order valence-corrected chi connectivity index (χ4v) is 3.04. The van der Waals surface area contributed by atoms with E-state index in [-0.39, 0.29) is 0 Å². The predicted octanol–water partition coefficient (Wildman–Crippen LogP) is 0.830. The lowest BCUT2D eigenvalue weighted by atomic mass is 10.1. The molecule has 1 aromatic carbocycles. The lowest BCUT2D eigenvalue weighted by Gasteiger charge is -2.33. The van der Waals surface area contributed by atoms with Crippen LogP contribution in [0.15, 0.2) is 18.2 Å². The summed E-state index contributed by atoms with van der Waals surface area (Å²) < 4.78 is 5.87. The third-order valence-corrected chi connectivity index (χ3v) is 4.25. The zero-order chi connectivity index (χ0) is 13.4. The Bertz CT molecular complexity index is 465. The minimum Gasteiger partial charge on any atom is -0.397 e. The summed E-state index contributed by atoms with van der Waals surface area (Å²) in [5.74, 6) is 0. The Kier molecular flexibility index (Phi) is 3.24. The van der Waals surface area contributed by atoms with E-state index in [1.807, 2.05) is 19.2 Å². The Hall–Kier alpha value is -1.46. The number of nitrogens with zero attached hydrogens (tertiary/aromatic N) is 2. The second-order valence-electron chi connectivity index (χ2n) is 5.38. The van der Waals surface area contributed by atoms with Crippen molar-refractivity contribution in [2.45, 2.75) is 12.1 Å². The topological polar surface area (TPSA) is 53.8 Å². The van der Waals surface area contributed by atoms with E-state index in [0.29, 0.717) is 12.1 Å². The van der Waals surface area contributed by atoms with Gasteiger partial charge in [0.2, 0.25) is 0 Å². The maximum Gasteiger partial charge on any atom is 0.0922 e. The van der Waals surface area contributed by atoms with Gasteiger partial charge in [-0.05, 0) is 25.2 Å². The molecule has 0 spiro atoms. The molecular formula is C14H22N4O. The van der Waals surface area contributed by atoms with E-state index in [1.165, 1.54) is 5.69 Å². The van der Waals surface area contributed by atoms with Crippen LogP contribution >= 0.6 is 0 Å². The fourth-order valence-electron chi connectivity index (χ4n) is 3.04. The molecule has 2 fully saturated rings. The maximum absolute atomic E-state index is 6.04. The van der Waals surface area contributed by atoms with Crippen molar-refractivity contribution in [3.05, 3.63) is 18.2 Å². The van der Waals surface area contributed by atoms with Gasteiger partial charge in [0.05, 0.1) is 30.1 Å². The molecule has 3 rings (SSSR count). The summed E-state index contributed by atoms with van der Waals surface area (Å²) in [4.78, 5) is 4.77. The quantitative estimate of drug-likeness (QED) is 0.773. The lowest BCUT2D eigenvalue weighted by molar-refractivity contribution is -0.0362. The monoisotopic (exact) mass is 262 g/mol. The van der Waals surface area contributed by atoms with Gasteiger partial charge >= 0.3 is 0 Å². The van der Waals surface area contributed by atoms with Crippen LogP contribution in [0.25, 0.3) is 0 Å². The van der Waals surface area contributed by atoms with Gasteiger partial charge in [-0.25, -0.2) is 0 Å². The van der Waals surface area contributed by atoms with Gasteiger partial charge in [-0.1, -0.05) is 0 Å². The molecule has 3 N–H and O–H groups in total. The number of nitrogens with two attached hydrogens (primary N) is 1. The molecule has 19 heavy (non-hydrogen) atoms. The highest BCUT2D eigenvalue weighted by Crippen LogP contribution is 2.30. The molecule has 5 heteroatoms. The standard InChI is InChI=1S/C14H22N4O/c1-16-12-4-3-10(7-11(12)15)18-8-13-14(9-18)19-6-5-17(13)2/h3-4,7,13-14,16H,5-6,8-9,15H2,1-2H3/t13-,14+/m0/s1. The molecule has 2 saturated heterocycles. The second kappa shape index (κ2) is 4.90. The number of nitrogens with one attached hydrogen (secondary N) is 1. The van der Waals surface area contributed by atoms with E-state index in [4.69, 9.17) is 10.5 Å². The summed E-state index contributed by atoms with van der Waals surface area (Å²) in [6.45, 7) is 3.83. The number of fused-ring (bicyclic) bond motifs is 1. The van der Waals surface area contributed by atoms with Crippen LogP contribution in [-0.4, -0.2) is 57.4 Å². The van der Waals surface area contributed by atoms with Gasteiger partial charge in [0.25, 0.3) is 0 Å². The number of likely N-dealkylation sites (N-methyl/N-ethyl adjacent to an activating group) is 1. The summed E-state index contributed by atoms with van der Waals surface area (Å²) in [6, 6.07) is 6.71. The van der Waals surface area contributed by atoms with Crippen LogP contribution in [0.5, 0.6) is 0 Å². The van der Waals surface area contributed by atoms with E-state index in [0.717, 1.165) is 37.6 Å². The van der Waals surface area contributed by atoms with Gasteiger partial charge in [-0.2, -0.15) is 0 Å². The third-order valence-electron chi connectivity index (χ3n) is 4.25. The SMILES string of the molecule is CNc1ccc(N2C[C@H]3OCCN(C)[C@H]3C2)cc1N. The van der Waals surface area contributed by atoms with E-state index >= 15 is 0 Å². The number of ether oxygens (including phenoxy) is 1. The number of morpholine rings is 1. The molecule has 104 valence electrons. The summed E-state index contributed by atoms with van der Waals surface area (Å²) in [6.07, 6.45) is 0.323. The molecule has 2 heterocycles. The van der Waals surface area contributed by atoms with Crippen molar-refractivity contribution in [3.63, 3.8) is 0 Å². The molecule has 0 bridgehead atoms. The molecule has 0 radical (unpaired) electrons. The number of hydrogen-bond donors (Lipinski definition) is 2. The first kappa shape index (κ1) is 12.6.